The van der Waals surface area contributed by atoms with E-state index >= 15 is 0 Å². The number of ether oxygens (including phenoxy) is 1. The van der Waals surface area contributed by atoms with Gasteiger partial charge in [0.1, 0.15) is 11.6 Å². The van der Waals surface area contributed by atoms with Crippen LogP contribution in [0.15, 0.2) is 65.6 Å². The number of sulfonamides is 1. The molecule has 0 aromatic heterocycles. The largest absolute Gasteiger partial charge is 0.496 e. The quantitative estimate of drug-likeness (QED) is 0.667. The Morgan fingerprint density at radius 3 is 2.52 bits per heavy atom. The maximum atomic E-state index is 13.1. The van der Waals surface area contributed by atoms with E-state index in [1.54, 1.807) is 37.4 Å². The number of nitrogens with zero attached hydrogens (tertiary/aromatic N) is 1. The number of hydrogen-bond acceptors (Lipinski definition) is 4. The fourth-order valence-corrected chi connectivity index (χ4v) is 5.17. The predicted molar refractivity (Wildman–Crippen MR) is 112 cm³/mol. The molecule has 0 spiro atoms. The number of hydrogen-bond donors (Lipinski definition) is 1. The first-order valence-corrected chi connectivity index (χ1v) is 11.0. The van der Waals surface area contributed by atoms with Crippen molar-refractivity contribution in [2.45, 2.75) is 11.3 Å². The Morgan fingerprint density at radius 1 is 1.07 bits per heavy atom. The molecule has 4 rings (SSSR count). The second-order valence-corrected chi connectivity index (χ2v) is 8.98. The molecular weight excluding hydrogens is 391 g/mol. The molecule has 1 saturated heterocycles. The highest BCUT2D eigenvalue weighted by molar-refractivity contribution is 7.89. The van der Waals surface area contributed by atoms with Crippen LogP contribution in [0.3, 0.4) is 0 Å². The van der Waals surface area contributed by atoms with Crippen molar-refractivity contribution in [1.82, 2.24) is 4.72 Å². The molecule has 7 heteroatoms. The fourth-order valence-electron chi connectivity index (χ4n) is 3.85. The molecule has 29 heavy (non-hydrogen) atoms. The first-order valence-electron chi connectivity index (χ1n) is 9.54. The maximum absolute atomic E-state index is 13.1. The normalized spacial score (nSPS) is 17.0. The molecule has 1 fully saturated rings. The van der Waals surface area contributed by atoms with E-state index in [1.807, 2.05) is 18.2 Å². The average molecular weight is 415 g/mol. The van der Waals surface area contributed by atoms with Gasteiger partial charge in [0.25, 0.3) is 0 Å². The summed E-state index contributed by atoms with van der Waals surface area (Å²) in [5, 5.41) is 1.40. The molecule has 5 nitrogen and oxygen atoms in total. The third-order valence-corrected chi connectivity index (χ3v) is 6.87. The number of fused-ring (bicyclic) bond motifs is 1. The van der Waals surface area contributed by atoms with E-state index in [2.05, 4.69) is 9.62 Å². The summed E-state index contributed by atoms with van der Waals surface area (Å²) >= 11 is 0. The van der Waals surface area contributed by atoms with Gasteiger partial charge in [0, 0.05) is 36.1 Å². The molecule has 1 unspecified atom stereocenters. The summed E-state index contributed by atoms with van der Waals surface area (Å²) in [6.45, 7) is 1.92. The second-order valence-electron chi connectivity index (χ2n) is 7.24. The van der Waals surface area contributed by atoms with E-state index < -0.39 is 10.0 Å². The van der Waals surface area contributed by atoms with E-state index in [1.165, 1.54) is 12.1 Å². The smallest absolute Gasteiger partial charge is 0.241 e. The minimum Gasteiger partial charge on any atom is -0.496 e. The van der Waals surface area contributed by atoms with Gasteiger partial charge in [0.2, 0.25) is 10.0 Å². The van der Waals surface area contributed by atoms with Crippen molar-refractivity contribution in [3.05, 3.63) is 66.5 Å². The molecule has 152 valence electrons. The molecule has 3 aromatic rings. The molecule has 1 N–H and O–H groups in total. The number of rotatable bonds is 6. The van der Waals surface area contributed by atoms with Gasteiger partial charge in [-0.15, -0.1) is 0 Å². The number of benzene rings is 3. The lowest BCUT2D eigenvalue weighted by Gasteiger charge is -2.19. The minimum atomic E-state index is -3.66. The lowest BCUT2D eigenvalue weighted by atomic mass is 10.1. The van der Waals surface area contributed by atoms with Crippen LogP contribution in [0.25, 0.3) is 10.8 Å². The zero-order valence-corrected chi connectivity index (χ0v) is 17.0. The van der Waals surface area contributed by atoms with E-state index in [9.17, 15) is 12.8 Å². The van der Waals surface area contributed by atoms with Gasteiger partial charge in [0.15, 0.2) is 0 Å². The van der Waals surface area contributed by atoms with E-state index in [0.29, 0.717) is 17.7 Å². The summed E-state index contributed by atoms with van der Waals surface area (Å²) in [4.78, 5) is 2.41. The van der Waals surface area contributed by atoms with Crippen LogP contribution in [0, 0.1) is 11.7 Å². The Balaban J connectivity index is 1.48. The van der Waals surface area contributed by atoms with Crippen molar-refractivity contribution in [2.24, 2.45) is 5.92 Å². The van der Waals surface area contributed by atoms with Crippen LogP contribution in [0.4, 0.5) is 10.1 Å². The Bertz CT molecular complexity index is 1120. The van der Waals surface area contributed by atoms with Gasteiger partial charge in [-0.25, -0.2) is 17.5 Å². The monoisotopic (exact) mass is 414 g/mol. The second kappa shape index (κ2) is 8.00. The summed E-state index contributed by atoms with van der Waals surface area (Å²) < 4.78 is 47.2. The van der Waals surface area contributed by atoms with Gasteiger partial charge >= 0.3 is 0 Å². The van der Waals surface area contributed by atoms with E-state index in [-0.39, 0.29) is 16.6 Å². The average Bonchev–Trinajstić information content (AvgIpc) is 3.21. The van der Waals surface area contributed by atoms with Crippen LogP contribution in [-0.2, 0) is 10.0 Å². The Hall–Kier alpha value is -2.64. The molecule has 3 aromatic carbocycles. The highest BCUT2D eigenvalue weighted by Crippen LogP contribution is 2.31. The van der Waals surface area contributed by atoms with Crippen LogP contribution in [0.1, 0.15) is 6.42 Å². The topological polar surface area (TPSA) is 58.6 Å². The van der Waals surface area contributed by atoms with Gasteiger partial charge in [-0.2, -0.15) is 0 Å². The van der Waals surface area contributed by atoms with Gasteiger partial charge in [0.05, 0.1) is 12.0 Å². The van der Waals surface area contributed by atoms with Crippen molar-refractivity contribution >= 4 is 26.5 Å². The van der Waals surface area contributed by atoms with E-state index in [4.69, 9.17) is 4.74 Å². The number of methoxy groups -OCH3 is 1. The Morgan fingerprint density at radius 2 is 1.79 bits per heavy atom. The van der Waals surface area contributed by atoms with Crippen LogP contribution in [-0.4, -0.2) is 35.2 Å². The molecule has 1 aliphatic heterocycles. The van der Waals surface area contributed by atoms with Crippen molar-refractivity contribution in [3.8, 4) is 5.75 Å². The van der Waals surface area contributed by atoms with Crippen molar-refractivity contribution in [2.75, 3.05) is 31.6 Å². The standard InChI is InChI=1S/C22H23FN2O3S/c1-28-21-10-11-22(20-5-3-2-4-19(20)21)29(26,27)24-14-16-12-13-25(15-16)18-8-6-17(23)7-9-18/h2-11,16,24H,12-15H2,1H3. The van der Waals surface area contributed by atoms with Gasteiger partial charge in [-0.3, -0.25) is 0 Å². The van der Waals surface area contributed by atoms with Gasteiger partial charge in [-0.05, 0) is 48.7 Å². The summed E-state index contributed by atoms with van der Waals surface area (Å²) in [5.74, 6) is 0.577. The van der Waals surface area contributed by atoms with Crippen LogP contribution in [0.5, 0.6) is 5.75 Å². The molecular formula is C22H23FN2O3S. The highest BCUT2D eigenvalue weighted by atomic mass is 32.2. The molecule has 0 aliphatic carbocycles. The lowest BCUT2D eigenvalue weighted by molar-refractivity contribution is 0.419. The zero-order chi connectivity index (χ0) is 20.4. The molecule has 0 radical (unpaired) electrons. The van der Waals surface area contributed by atoms with Gasteiger partial charge < -0.3 is 9.64 Å². The summed E-state index contributed by atoms with van der Waals surface area (Å²) in [7, 11) is -2.09. The van der Waals surface area contributed by atoms with Crippen molar-refractivity contribution in [1.29, 1.82) is 0 Å². The molecule has 1 heterocycles. The molecule has 1 aliphatic rings. The molecule has 0 bridgehead atoms. The first kappa shape index (κ1) is 19.7. The highest BCUT2D eigenvalue weighted by Gasteiger charge is 2.26. The summed E-state index contributed by atoms with van der Waals surface area (Å²) in [6.07, 6.45) is 0.878. The van der Waals surface area contributed by atoms with E-state index in [0.717, 1.165) is 30.6 Å². The Kier molecular flexibility index (Phi) is 5.43. The Labute approximate surface area is 170 Å². The lowest BCUT2D eigenvalue weighted by Crippen LogP contribution is -2.31. The van der Waals surface area contributed by atoms with Crippen molar-refractivity contribution < 1.29 is 17.5 Å². The number of anilines is 1. The SMILES string of the molecule is COc1ccc(S(=O)(=O)NCC2CCN(c3ccc(F)cc3)C2)c2ccccc12. The summed E-state index contributed by atoms with van der Waals surface area (Å²) in [6, 6.07) is 17.0. The molecule has 1 atom stereocenters. The minimum absolute atomic E-state index is 0.194. The van der Waals surface area contributed by atoms with Crippen molar-refractivity contribution in [3.63, 3.8) is 0 Å². The van der Waals surface area contributed by atoms with Crippen LogP contribution < -0.4 is 14.4 Å². The fraction of sp³-hybridized carbons (Fsp3) is 0.273. The number of halogens is 1. The van der Waals surface area contributed by atoms with Gasteiger partial charge in [-0.1, -0.05) is 24.3 Å². The first-order chi connectivity index (χ1) is 14.0. The van der Waals surface area contributed by atoms with Crippen LogP contribution in [0.2, 0.25) is 0 Å². The third kappa shape index (κ3) is 4.06. The zero-order valence-electron chi connectivity index (χ0n) is 16.1. The predicted octanol–water partition coefficient (Wildman–Crippen LogP) is 3.79. The molecule has 0 saturated carbocycles. The maximum Gasteiger partial charge on any atom is 0.241 e. The summed E-state index contributed by atoms with van der Waals surface area (Å²) in [5.41, 5.74) is 0.956. The van der Waals surface area contributed by atoms with Crippen LogP contribution >= 0.6 is 0 Å². The third-order valence-electron chi connectivity index (χ3n) is 5.39. The number of nitrogens with one attached hydrogen (secondary N) is 1. The molecule has 0 amide bonds.